The van der Waals surface area contributed by atoms with Gasteiger partial charge in [-0.05, 0) is 63.3 Å². The molecule has 0 heterocycles. The average Bonchev–Trinajstić information content (AvgIpc) is 2.60. The molecular weight excluding hydrogens is 380 g/mol. The second kappa shape index (κ2) is 8.57. The van der Waals surface area contributed by atoms with Crippen molar-refractivity contribution in [1.29, 1.82) is 0 Å². The number of hydrogen-bond acceptors (Lipinski definition) is 5. The quantitative estimate of drug-likeness (QED) is 0.412. The summed E-state index contributed by atoms with van der Waals surface area (Å²) in [6.45, 7) is 5.66. The van der Waals surface area contributed by atoms with Crippen LogP contribution in [0.25, 0.3) is 0 Å². The summed E-state index contributed by atoms with van der Waals surface area (Å²) in [5.74, 6) is -0.891. The van der Waals surface area contributed by atoms with E-state index in [4.69, 9.17) is 12.2 Å². The number of para-hydroxylation sites is 1. The molecule has 2 aromatic rings. The second-order valence-electron chi connectivity index (χ2n) is 6.96. The first-order chi connectivity index (χ1) is 13.1. The van der Waals surface area contributed by atoms with Crippen LogP contribution in [-0.4, -0.2) is 27.4 Å². The molecule has 3 N–H and O–H groups in total. The van der Waals surface area contributed by atoms with Crippen molar-refractivity contribution in [3.63, 3.8) is 0 Å². The monoisotopic (exact) mass is 400 g/mol. The molecule has 28 heavy (non-hydrogen) atoms. The smallest absolute Gasteiger partial charge is 0.282 e. The topological polar surface area (TPSA) is 113 Å². The first-order valence-corrected chi connectivity index (χ1v) is 8.76. The Morgan fingerprint density at radius 3 is 2.18 bits per heavy atom. The predicted molar refractivity (Wildman–Crippen MR) is 110 cm³/mol. The van der Waals surface area contributed by atoms with Crippen LogP contribution < -0.4 is 16.0 Å². The molecular formula is C19H20N4O4S. The van der Waals surface area contributed by atoms with E-state index < -0.39 is 10.8 Å². The maximum absolute atomic E-state index is 12.3. The molecule has 2 rings (SSSR count). The number of benzene rings is 2. The van der Waals surface area contributed by atoms with Gasteiger partial charge in [-0.1, -0.05) is 12.1 Å². The molecule has 0 aliphatic heterocycles. The fourth-order valence-corrected chi connectivity index (χ4v) is 2.49. The summed E-state index contributed by atoms with van der Waals surface area (Å²) in [6.07, 6.45) is 0. The van der Waals surface area contributed by atoms with Crippen LogP contribution in [0.4, 0.5) is 11.4 Å². The van der Waals surface area contributed by atoms with E-state index in [1.54, 1.807) is 24.3 Å². The zero-order valence-electron chi connectivity index (χ0n) is 15.6. The van der Waals surface area contributed by atoms with Crippen LogP contribution in [0.1, 0.15) is 41.5 Å². The van der Waals surface area contributed by atoms with Crippen molar-refractivity contribution in [3.05, 3.63) is 69.8 Å². The SMILES string of the molecule is CC(C)(C)NC(=O)c1ccc(NC(=S)NC(=O)c2ccccc2[N+](=O)[O-])cc1. The van der Waals surface area contributed by atoms with E-state index >= 15 is 0 Å². The van der Waals surface area contributed by atoms with Gasteiger partial charge in [-0.25, -0.2) is 0 Å². The molecule has 0 atom stereocenters. The fraction of sp³-hybridized carbons (Fsp3) is 0.211. The lowest BCUT2D eigenvalue weighted by Gasteiger charge is -2.20. The molecule has 0 saturated heterocycles. The van der Waals surface area contributed by atoms with Gasteiger partial charge in [0, 0.05) is 22.9 Å². The molecule has 146 valence electrons. The number of amides is 2. The molecule has 2 aromatic carbocycles. The largest absolute Gasteiger partial charge is 0.347 e. The number of hydrogen-bond donors (Lipinski definition) is 3. The Hall–Kier alpha value is -3.33. The van der Waals surface area contributed by atoms with Gasteiger partial charge in [-0.3, -0.25) is 25.0 Å². The molecule has 0 spiro atoms. The van der Waals surface area contributed by atoms with Crippen LogP contribution in [-0.2, 0) is 0 Å². The highest BCUT2D eigenvalue weighted by molar-refractivity contribution is 7.80. The lowest BCUT2D eigenvalue weighted by molar-refractivity contribution is -0.385. The van der Waals surface area contributed by atoms with E-state index in [9.17, 15) is 19.7 Å². The van der Waals surface area contributed by atoms with Crippen LogP contribution in [0.3, 0.4) is 0 Å². The summed E-state index contributed by atoms with van der Waals surface area (Å²) in [7, 11) is 0. The number of nitrogens with one attached hydrogen (secondary N) is 3. The van der Waals surface area contributed by atoms with Crippen molar-refractivity contribution in [2.45, 2.75) is 26.3 Å². The minimum Gasteiger partial charge on any atom is -0.347 e. The van der Waals surface area contributed by atoms with Crippen LogP contribution in [0, 0.1) is 10.1 Å². The molecule has 0 aliphatic carbocycles. The molecule has 8 nitrogen and oxygen atoms in total. The summed E-state index contributed by atoms with van der Waals surface area (Å²) in [5, 5.41) is 19.1. The summed E-state index contributed by atoms with van der Waals surface area (Å²) in [4.78, 5) is 34.8. The van der Waals surface area contributed by atoms with Gasteiger partial charge in [0.1, 0.15) is 5.56 Å². The Bertz CT molecular complexity index is 920. The number of rotatable bonds is 4. The molecule has 0 unspecified atom stereocenters. The Morgan fingerprint density at radius 1 is 1.00 bits per heavy atom. The lowest BCUT2D eigenvalue weighted by Crippen LogP contribution is -2.40. The number of anilines is 1. The standard InChI is InChI=1S/C19H20N4O4S/c1-19(2,3)22-16(24)12-8-10-13(11-9-12)20-18(28)21-17(25)14-6-4-5-7-15(14)23(26)27/h4-11H,1-3H3,(H,22,24)(H2,20,21,25,28). The third kappa shape index (κ3) is 5.85. The van der Waals surface area contributed by atoms with Gasteiger partial charge >= 0.3 is 0 Å². The molecule has 0 aromatic heterocycles. The molecule has 9 heteroatoms. The van der Waals surface area contributed by atoms with Crippen LogP contribution in [0.5, 0.6) is 0 Å². The molecule has 0 saturated carbocycles. The lowest BCUT2D eigenvalue weighted by atomic mass is 10.1. The minimum atomic E-state index is -0.689. The van der Waals surface area contributed by atoms with Crippen molar-refractivity contribution in [2.75, 3.05) is 5.32 Å². The highest BCUT2D eigenvalue weighted by atomic mass is 32.1. The minimum absolute atomic E-state index is 0.0185. The van der Waals surface area contributed by atoms with Crippen molar-refractivity contribution in [3.8, 4) is 0 Å². The Balaban J connectivity index is 2.01. The first-order valence-electron chi connectivity index (χ1n) is 8.35. The maximum atomic E-state index is 12.3. The van der Waals surface area contributed by atoms with Crippen molar-refractivity contribution in [1.82, 2.24) is 10.6 Å². The van der Waals surface area contributed by atoms with Crippen molar-refractivity contribution < 1.29 is 14.5 Å². The Morgan fingerprint density at radius 2 is 1.61 bits per heavy atom. The first kappa shape index (κ1) is 21.0. The zero-order valence-corrected chi connectivity index (χ0v) is 16.4. The van der Waals surface area contributed by atoms with Gasteiger partial charge in [-0.15, -0.1) is 0 Å². The highest BCUT2D eigenvalue weighted by Crippen LogP contribution is 2.17. The number of carbonyl (C=O) groups is 2. The molecule has 0 radical (unpaired) electrons. The van der Waals surface area contributed by atoms with E-state index in [-0.39, 0.29) is 27.8 Å². The second-order valence-corrected chi connectivity index (χ2v) is 7.37. The van der Waals surface area contributed by atoms with Gasteiger partial charge in [0.25, 0.3) is 17.5 Å². The Kier molecular flexibility index (Phi) is 6.42. The number of nitrogens with zero attached hydrogens (tertiary/aromatic N) is 1. The van der Waals surface area contributed by atoms with Gasteiger partial charge < -0.3 is 10.6 Å². The number of carbonyl (C=O) groups excluding carboxylic acids is 2. The summed E-state index contributed by atoms with van der Waals surface area (Å²) < 4.78 is 0. The average molecular weight is 400 g/mol. The molecule has 0 fully saturated rings. The van der Waals surface area contributed by atoms with E-state index in [0.29, 0.717) is 11.3 Å². The van der Waals surface area contributed by atoms with E-state index in [1.807, 2.05) is 20.8 Å². The van der Waals surface area contributed by atoms with E-state index in [1.165, 1.54) is 24.3 Å². The van der Waals surface area contributed by atoms with Crippen molar-refractivity contribution >= 4 is 40.5 Å². The van der Waals surface area contributed by atoms with Crippen molar-refractivity contribution in [2.24, 2.45) is 0 Å². The number of nitro benzene ring substituents is 1. The van der Waals surface area contributed by atoms with Crippen LogP contribution in [0.15, 0.2) is 48.5 Å². The normalized spacial score (nSPS) is 10.7. The highest BCUT2D eigenvalue weighted by Gasteiger charge is 2.20. The van der Waals surface area contributed by atoms with E-state index in [2.05, 4.69) is 16.0 Å². The number of thiocarbonyl (C=S) groups is 1. The maximum Gasteiger partial charge on any atom is 0.282 e. The Labute approximate surface area is 167 Å². The third-order valence-electron chi connectivity index (χ3n) is 3.47. The van der Waals surface area contributed by atoms with Gasteiger partial charge in [-0.2, -0.15) is 0 Å². The molecule has 0 bridgehead atoms. The zero-order chi connectivity index (χ0) is 20.9. The number of nitro groups is 1. The van der Waals surface area contributed by atoms with Crippen LogP contribution in [0.2, 0.25) is 0 Å². The van der Waals surface area contributed by atoms with E-state index in [0.717, 1.165) is 0 Å². The summed E-state index contributed by atoms with van der Waals surface area (Å²) in [5.41, 5.74) is 0.290. The van der Waals surface area contributed by atoms with Crippen LogP contribution >= 0.6 is 12.2 Å². The van der Waals surface area contributed by atoms with Gasteiger partial charge in [0.2, 0.25) is 0 Å². The summed E-state index contributed by atoms with van der Waals surface area (Å²) >= 11 is 5.09. The third-order valence-corrected chi connectivity index (χ3v) is 3.67. The molecule has 2 amide bonds. The predicted octanol–water partition coefficient (Wildman–Crippen LogP) is 3.25. The summed E-state index contributed by atoms with van der Waals surface area (Å²) in [6, 6.07) is 12.1. The fourth-order valence-electron chi connectivity index (χ4n) is 2.28. The van der Waals surface area contributed by atoms with Gasteiger partial charge in [0.15, 0.2) is 5.11 Å². The molecule has 0 aliphatic rings. The van der Waals surface area contributed by atoms with Gasteiger partial charge in [0.05, 0.1) is 4.92 Å².